The van der Waals surface area contributed by atoms with Crippen molar-refractivity contribution in [2.24, 2.45) is 0 Å². The van der Waals surface area contributed by atoms with Gasteiger partial charge in [-0.25, -0.2) is 0 Å². The van der Waals surface area contributed by atoms with Gasteiger partial charge in [-0.15, -0.1) is 0 Å². The normalized spacial score (nSPS) is 12.7. The van der Waals surface area contributed by atoms with Crippen molar-refractivity contribution in [1.29, 1.82) is 0 Å². The molecular formula is C13H15NO. The molecule has 78 valence electrons. The average molecular weight is 201 g/mol. The van der Waals surface area contributed by atoms with Gasteiger partial charge in [-0.2, -0.15) is 0 Å². The summed E-state index contributed by atoms with van der Waals surface area (Å²) in [5, 5.41) is 10.1. The van der Waals surface area contributed by atoms with Crippen LogP contribution in [0.5, 0.6) is 0 Å². The van der Waals surface area contributed by atoms with E-state index >= 15 is 0 Å². The van der Waals surface area contributed by atoms with E-state index in [0.29, 0.717) is 0 Å². The molecule has 0 fully saturated rings. The van der Waals surface area contributed by atoms with E-state index in [-0.39, 0.29) is 0 Å². The molecule has 0 saturated heterocycles. The van der Waals surface area contributed by atoms with Gasteiger partial charge in [0.2, 0.25) is 0 Å². The zero-order valence-electron chi connectivity index (χ0n) is 8.99. The van der Waals surface area contributed by atoms with E-state index in [9.17, 15) is 5.11 Å². The second-order valence-corrected chi connectivity index (χ2v) is 3.89. The molecule has 1 aromatic carbocycles. The fraction of sp³-hybridized carbons (Fsp3) is 0.231. The van der Waals surface area contributed by atoms with Gasteiger partial charge in [-0.05, 0) is 37.1 Å². The molecule has 2 N–H and O–H groups in total. The van der Waals surface area contributed by atoms with Crippen LogP contribution in [0, 0.1) is 13.8 Å². The minimum absolute atomic E-state index is 0.555. The number of aliphatic hydroxyl groups is 1. The fourth-order valence-corrected chi connectivity index (χ4v) is 1.81. The van der Waals surface area contributed by atoms with E-state index in [4.69, 9.17) is 0 Å². The van der Waals surface area contributed by atoms with Gasteiger partial charge in [-0.1, -0.05) is 23.8 Å². The first-order valence-electron chi connectivity index (χ1n) is 5.07. The van der Waals surface area contributed by atoms with E-state index in [0.717, 1.165) is 16.8 Å². The Kier molecular flexibility index (Phi) is 2.60. The summed E-state index contributed by atoms with van der Waals surface area (Å²) in [6.07, 6.45) is 1.27. The number of benzene rings is 1. The Morgan fingerprint density at radius 2 is 2.00 bits per heavy atom. The van der Waals surface area contributed by atoms with Crippen molar-refractivity contribution in [2.75, 3.05) is 0 Å². The molecule has 0 aliphatic heterocycles. The van der Waals surface area contributed by atoms with Gasteiger partial charge in [0.25, 0.3) is 0 Å². The molecule has 1 unspecified atom stereocenters. The van der Waals surface area contributed by atoms with Crippen molar-refractivity contribution in [3.8, 4) is 0 Å². The minimum Gasteiger partial charge on any atom is -0.382 e. The zero-order valence-corrected chi connectivity index (χ0v) is 8.99. The topological polar surface area (TPSA) is 36.0 Å². The molecule has 0 aliphatic carbocycles. The van der Waals surface area contributed by atoms with E-state index in [1.165, 1.54) is 5.56 Å². The summed E-state index contributed by atoms with van der Waals surface area (Å²) in [6, 6.07) is 9.87. The highest BCUT2D eigenvalue weighted by atomic mass is 16.3. The molecule has 0 aliphatic rings. The lowest BCUT2D eigenvalue weighted by atomic mass is 9.99. The summed E-state index contributed by atoms with van der Waals surface area (Å²) in [6.45, 7) is 4.08. The third kappa shape index (κ3) is 1.95. The van der Waals surface area contributed by atoms with Crippen LogP contribution in [0.1, 0.15) is 28.5 Å². The lowest BCUT2D eigenvalue weighted by molar-refractivity contribution is 0.215. The quantitative estimate of drug-likeness (QED) is 0.770. The predicted octanol–water partition coefficient (Wildman–Crippen LogP) is 2.71. The van der Waals surface area contributed by atoms with Gasteiger partial charge in [-0.3, -0.25) is 0 Å². The van der Waals surface area contributed by atoms with Crippen LogP contribution in [0.25, 0.3) is 0 Å². The molecule has 2 aromatic rings. The summed E-state index contributed by atoms with van der Waals surface area (Å²) < 4.78 is 0. The summed E-state index contributed by atoms with van der Waals surface area (Å²) in [7, 11) is 0. The first-order chi connectivity index (χ1) is 7.18. The van der Waals surface area contributed by atoms with Crippen molar-refractivity contribution in [2.45, 2.75) is 20.0 Å². The Labute approximate surface area is 89.6 Å². The summed E-state index contributed by atoms with van der Waals surface area (Å²) in [5.41, 5.74) is 4.14. The molecule has 2 rings (SSSR count). The third-order valence-electron chi connectivity index (χ3n) is 2.64. The van der Waals surface area contributed by atoms with Crippen molar-refractivity contribution in [3.63, 3.8) is 0 Å². The monoisotopic (exact) mass is 201 g/mol. The summed E-state index contributed by atoms with van der Waals surface area (Å²) >= 11 is 0. The molecule has 0 radical (unpaired) electrons. The van der Waals surface area contributed by atoms with Crippen LogP contribution in [0.2, 0.25) is 0 Å². The maximum absolute atomic E-state index is 10.1. The molecule has 1 heterocycles. The predicted molar refractivity (Wildman–Crippen MR) is 60.8 cm³/mol. The molecule has 2 heteroatoms. The molecular weight excluding hydrogens is 186 g/mol. The number of nitrogens with one attached hydrogen (secondary N) is 1. The first-order valence-corrected chi connectivity index (χ1v) is 5.07. The molecule has 1 aromatic heterocycles. The van der Waals surface area contributed by atoms with E-state index in [1.807, 2.05) is 37.4 Å². The SMILES string of the molecule is Cc1ccc(C(O)c2ccc[nH]2)c(C)c1. The Morgan fingerprint density at radius 1 is 1.20 bits per heavy atom. The van der Waals surface area contributed by atoms with Gasteiger partial charge in [0.15, 0.2) is 0 Å². The average Bonchev–Trinajstić information content (AvgIpc) is 2.69. The fourth-order valence-electron chi connectivity index (χ4n) is 1.81. The smallest absolute Gasteiger partial charge is 0.119 e. The van der Waals surface area contributed by atoms with Gasteiger partial charge in [0.1, 0.15) is 6.10 Å². The lowest BCUT2D eigenvalue weighted by Gasteiger charge is -2.12. The number of H-pyrrole nitrogens is 1. The molecule has 0 spiro atoms. The van der Waals surface area contributed by atoms with Crippen LogP contribution >= 0.6 is 0 Å². The standard InChI is InChI=1S/C13H15NO/c1-9-5-6-11(10(2)8-9)13(15)12-4-3-7-14-12/h3-8,13-15H,1-2H3. The van der Waals surface area contributed by atoms with E-state index in [1.54, 1.807) is 0 Å². The van der Waals surface area contributed by atoms with Crippen molar-refractivity contribution < 1.29 is 5.11 Å². The molecule has 0 saturated carbocycles. The molecule has 0 bridgehead atoms. The number of rotatable bonds is 2. The van der Waals surface area contributed by atoms with Gasteiger partial charge < -0.3 is 10.1 Å². The Balaban J connectivity index is 2.38. The van der Waals surface area contributed by atoms with Crippen LogP contribution in [0.4, 0.5) is 0 Å². The van der Waals surface area contributed by atoms with Gasteiger partial charge in [0, 0.05) is 11.9 Å². The Bertz CT molecular complexity index is 446. The van der Waals surface area contributed by atoms with Gasteiger partial charge >= 0.3 is 0 Å². The van der Waals surface area contributed by atoms with E-state index in [2.05, 4.69) is 18.0 Å². The molecule has 0 amide bonds. The number of aryl methyl sites for hydroxylation is 2. The van der Waals surface area contributed by atoms with Crippen molar-refractivity contribution in [1.82, 2.24) is 4.98 Å². The highest BCUT2D eigenvalue weighted by molar-refractivity contribution is 5.35. The minimum atomic E-state index is -0.555. The van der Waals surface area contributed by atoms with Crippen LogP contribution in [-0.4, -0.2) is 10.1 Å². The molecule has 2 nitrogen and oxygen atoms in total. The molecule has 15 heavy (non-hydrogen) atoms. The first kappa shape index (κ1) is 9.99. The van der Waals surface area contributed by atoms with Crippen molar-refractivity contribution in [3.05, 3.63) is 58.9 Å². The maximum atomic E-state index is 10.1. The summed E-state index contributed by atoms with van der Waals surface area (Å²) in [5.74, 6) is 0. The van der Waals surface area contributed by atoms with Crippen LogP contribution < -0.4 is 0 Å². The zero-order chi connectivity index (χ0) is 10.8. The van der Waals surface area contributed by atoms with Crippen LogP contribution in [-0.2, 0) is 0 Å². The van der Waals surface area contributed by atoms with Crippen molar-refractivity contribution >= 4 is 0 Å². The number of hydrogen-bond acceptors (Lipinski definition) is 1. The number of aliphatic hydroxyl groups excluding tert-OH is 1. The van der Waals surface area contributed by atoms with Gasteiger partial charge in [0.05, 0.1) is 0 Å². The van der Waals surface area contributed by atoms with Crippen LogP contribution in [0.15, 0.2) is 36.5 Å². The third-order valence-corrected chi connectivity index (χ3v) is 2.64. The number of aromatic nitrogens is 1. The van der Waals surface area contributed by atoms with Crippen LogP contribution in [0.3, 0.4) is 0 Å². The molecule has 1 atom stereocenters. The number of hydrogen-bond donors (Lipinski definition) is 2. The Hall–Kier alpha value is -1.54. The lowest BCUT2D eigenvalue weighted by Crippen LogP contribution is -2.02. The second-order valence-electron chi connectivity index (χ2n) is 3.89. The highest BCUT2D eigenvalue weighted by Gasteiger charge is 2.12. The highest BCUT2D eigenvalue weighted by Crippen LogP contribution is 2.23. The second kappa shape index (κ2) is 3.91. The largest absolute Gasteiger partial charge is 0.382 e. The Morgan fingerprint density at radius 3 is 2.60 bits per heavy atom. The van der Waals surface area contributed by atoms with E-state index < -0.39 is 6.10 Å². The number of aromatic amines is 1. The summed E-state index contributed by atoms with van der Waals surface area (Å²) in [4.78, 5) is 3.03. The maximum Gasteiger partial charge on any atom is 0.119 e.